The number of carbonyl (C=O) groups is 1. The topological polar surface area (TPSA) is 20.3 Å². The summed E-state index contributed by atoms with van der Waals surface area (Å²) in [5.41, 5.74) is 0.0777. The van der Waals surface area contributed by atoms with E-state index in [0.717, 1.165) is 37.5 Å². The number of hydrogen-bond donors (Lipinski definition) is 0. The zero-order valence-corrected chi connectivity index (χ0v) is 11.7. The third-order valence-electron chi connectivity index (χ3n) is 3.25. The molecule has 0 bridgehead atoms. The van der Waals surface area contributed by atoms with Crippen molar-refractivity contribution in [1.82, 2.24) is 4.90 Å². The Bertz CT molecular complexity index is 414. The van der Waals surface area contributed by atoms with Crippen LogP contribution in [0.5, 0.6) is 0 Å². The fourth-order valence-electron chi connectivity index (χ4n) is 1.91. The van der Waals surface area contributed by atoms with Crippen LogP contribution in [0.15, 0.2) is 18.2 Å². The summed E-state index contributed by atoms with van der Waals surface area (Å²) < 4.78 is 26.4. The number of rotatable bonds is 6. The highest BCUT2D eigenvalue weighted by atomic mass is 19.1. The van der Waals surface area contributed by atoms with Crippen LogP contribution in [0.25, 0.3) is 0 Å². The van der Waals surface area contributed by atoms with Gasteiger partial charge >= 0.3 is 0 Å². The van der Waals surface area contributed by atoms with Gasteiger partial charge in [-0.05, 0) is 31.9 Å². The van der Waals surface area contributed by atoms with E-state index in [1.165, 1.54) is 0 Å². The van der Waals surface area contributed by atoms with E-state index in [-0.39, 0.29) is 17.5 Å². The zero-order chi connectivity index (χ0) is 14.4. The lowest BCUT2D eigenvalue weighted by Gasteiger charge is -2.28. The fourth-order valence-corrected chi connectivity index (χ4v) is 1.91. The largest absolute Gasteiger partial charge is 0.336 e. The van der Waals surface area contributed by atoms with Crippen molar-refractivity contribution in [3.63, 3.8) is 0 Å². The minimum atomic E-state index is -0.719. The molecule has 0 saturated carbocycles. The molecular formula is C15H21F2NO. The van der Waals surface area contributed by atoms with Gasteiger partial charge in [0.1, 0.15) is 11.6 Å². The maximum atomic E-state index is 13.2. The molecule has 106 valence electrons. The Morgan fingerprint density at radius 3 is 2.26 bits per heavy atom. The zero-order valence-electron chi connectivity index (χ0n) is 11.7. The van der Waals surface area contributed by atoms with E-state index in [1.807, 2.05) is 20.8 Å². The van der Waals surface area contributed by atoms with Crippen molar-refractivity contribution < 1.29 is 13.6 Å². The van der Waals surface area contributed by atoms with Crippen molar-refractivity contribution in [2.24, 2.45) is 0 Å². The average Bonchev–Trinajstić information content (AvgIpc) is 2.37. The number of halogens is 2. The first kappa shape index (κ1) is 15.6. The predicted octanol–water partition coefficient (Wildman–Crippen LogP) is 4.01. The molecule has 0 saturated heterocycles. The summed E-state index contributed by atoms with van der Waals surface area (Å²) in [4.78, 5) is 14.0. The van der Waals surface area contributed by atoms with Crippen LogP contribution >= 0.6 is 0 Å². The molecule has 2 nitrogen and oxygen atoms in total. The van der Waals surface area contributed by atoms with Crippen LogP contribution in [-0.4, -0.2) is 23.4 Å². The Morgan fingerprint density at radius 1 is 1.21 bits per heavy atom. The SMILES string of the molecule is CCCCN(C(=O)c1cc(F)cc(F)c1)C(C)CC. The molecule has 0 spiro atoms. The molecule has 0 aliphatic carbocycles. The molecule has 4 heteroatoms. The number of carbonyl (C=O) groups excluding carboxylic acids is 1. The van der Waals surface area contributed by atoms with Crippen molar-refractivity contribution in [2.45, 2.75) is 46.1 Å². The van der Waals surface area contributed by atoms with Gasteiger partial charge in [0.15, 0.2) is 0 Å². The number of amides is 1. The first-order valence-electron chi connectivity index (χ1n) is 6.76. The van der Waals surface area contributed by atoms with Gasteiger partial charge in [0, 0.05) is 24.2 Å². The van der Waals surface area contributed by atoms with Gasteiger partial charge in [-0.2, -0.15) is 0 Å². The molecule has 0 heterocycles. The molecule has 0 aromatic heterocycles. The Kier molecular flexibility index (Phi) is 5.93. The highest BCUT2D eigenvalue weighted by Gasteiger charge is 2.20. The molecule has 0 N–H and O–H groups in total. The second-order valence-electron chi connectivity index (χ2n) is 4.77. The second kappa shape index (κ2) is 7.22. The Morgan fingerprint density at radius 2 is 1.79 bits per heavy atom. The van der Waals surface area contributed by atoms with Crippen LogP contribution in [0.4, 0.5) is 8.78 Å². The fraction of sp³-hybridized carbons (Fsp3) is 0.533. The van der Waals surface area contributed by atoms with E-state index in [1.54, 1.807) is 4.90 Å². The Balaban J connectivity index is 2.97. The van der Waals surface area contributed by atoms with Gasteiger partial charge in [0.2, 0.25) is 0 Å². The van der Waals surface area contributed by atoms with Gasteiger partial charge in [-0.25, -0.2) is 8.78 Å². The quantitative estimate of drug-likeness (QED) is 0.764. The first-order chi connectivity index (χ1) is 8.99. The van der Waals surface area contributed by atoms with Crippen LogP contribution in [0.3, 0.4) is 0 Å². The summed E-state index contributed by atoms with van der Waals surface area (Å²) in [5, 5.41) is 0. The molecule has 0 aliphatic heterocycles. The van der Waals surface area contributed by atoms with Gasteiger partial charge in [0.05, 0.1) is 0 Å². The molecule has 0 aliphatic rings. The van der Waals surface area contributed by atoms with Crippen molar-refractivity contribution in [3.8, 4) is 0 Å². The molecule has 19 heavy (non-hydrogen) atoms. The summed E-state index contributed by atoms with van der Waals surface area (Å²) in [6, 6.07) is 3.01. The maximum absolute atomic E-state index is 13.2. The van der Waals surface area contributed by atoms with Crippen molar-refractivity contribution in [1.29, 1.82) is 0 Å². The number of nitrogens with zero attached hydrogens (tertiary/aromatic N) is 1. The van der Waals surface area contributed by atoms with Crippen LogP contribution in [0.1, 0.15) is 50.4 Å². The van der Waals surface area contributed by atoms with Crippen molar-refractivity contribution in [2.75, 3.05) is 6.54 Å². The van der Waals surface area contributed by atoms with Gasteiger partial charge in [-0.1, -0.05) is 20.3 Å². The van der Waals surface area contributed by atoms with E-state index in [0.29, 0.717) is 6.54 Å². The van der Waals surface area contributed by atoms with E-state index < -0.39 is 11.6 Å². The molecule has 1 unspecified atom stereocenters. The summed E-state index contributed by atoms with van der Waals surface area (Å²) in [6.45, 7) is 6.59. The number of unbranched alkanes of at least 4 members (excludes halogenated alkanes) is 1. The first-order valence-corrected chi connectivity index (χ1v) is 6.76. The minimum Gasteiger partial charge on any atom is -0.336 e. The van der Waals surface area contributed by atoms with Crippen molar-refractivity contribution >= 4 is 5.91 Å². The van der Waals surface area contributed by atoms with E-state index >= 15 is 0 Å². The van der Waals surface area contributed by atoms with E-state index in [4.69, 9.17) is 0 Å². The van der Waals surface area contributed by atoms with Crippen LogP contribution in [-0.2, 0) is 0 Å². The molecule has 0 radical (unpaired) electrons. The van der Waals surface area contributed by atoms with E-state index in [9.17, 15) is 13.6 Å². The molecule has 0 fully saturated rings. The minimum absolute atomic E-state index is 0.0605. The highest BCUT2D eigenvalue weighted by Crippen LogP contribution is 2.15. The van der Waals surface area contributed by atoms with Gasteiger partial charge in [-0.15, -0.1) is 0 Å². The lowest BCUT2D eigenvalue weighted by molar-refractivity contribution is 0.0684. The molecular weight excluding hydrogens is 248 g/mol. The third kappa shape index (κ3) is 4.30. The van der Waals surface area contributed by atoms with Crippen molar-refractivity contribution in [3.05, 3.63) is 35.4 Å². The smallest absolute Gasteiger partial charge is 0.254 e. The second-order valence-corrected chi connectivity index (χ2v) is 4.77. The molecule has 1 amide bonds. The average molecular weight is 269 g/mol. The van der Waals surface area contributed by atoms with Crippen LogP contribution in [0, 0.1) is 11.6 Å². The molecule has 1 rings (SSSR count). The number of benzene rings is 1. The summed E-state index contributed by atoms with van der Waals surface area (Å²) >= 11 is 0. The molecule has 1 aromatic rings. The monoisotopic (exact) mass is 269 g/mol. The summed E-state index contributed by atoms with van der Waals surface area (Å²) in [6.07, 6.45) is 2.67. The summed E-state index contributed by atoms with van der Waals surface area (Å²) in [7, 11) is 0. The normalized spacial score (nSPS) is 12.3. The Labute approximate surface area is 113 Å². The molecule has 1 atom stereocenters. The third-order valence-corrected chi connectivity index (χ3v) is 3.25. The standard InChI is InChI=1S/C15H21F2NO/c1-4-6-7-18(11(3)5-2)15(19)12-8-13(16)10-14(17)9-12/h8-11H,4-7H2,1-3H3. The van der Waals surface area contributed by atoms with E-state index in [2.05, 4.69) is 0 Å². The Hall–Kier alpha value is -1.45. The van der Waals surface area contributed by atoms with Gasteiger partial charge in [-0.3, -0.25) is 4.79 Å². The predicted molar refractivity (Wildman–Crippen MR) is 72.1 cm³/mol. The number of hydrogen-bond acceptors (Lipinski definition) is 1. The lowest BCUT2D eigenvalue weighted by atomic mass is 10.1. The molecule has 1 aromatic carbocycles. The highest BCUT2D eigenvalue weighted by molar-refractivity contribution is 5.94. The maximum Gasteiger partial charge on any atom is 0.254 e. The van der Waals surface area contributed by atoms with Gasteiger partial charge in [0.25, 0.3) is 5.91 Å². The summed E-state index contributed by atoms with van der Waals surface area (Å²) in [5.74, 6) is -1.74. The van der Waals surface area contributed by atoms with Crippen LogP contribution in [0.2, 0.25) is 0 Å². The lowest BCUT2D eigenvalue weighted by Crippen LogP contribution is -2.39. The van der Waals surface area contributed by atoms with Crippen LogP contribution < -0.4 is 0 Å². The van der Waals surface area contributed by atoms with Gasteiger partial charge < -0.3 is 4.90 Å².